The Morgan fingerprint density at radius 1 is 1.28 bits per heavy atom. The van der Waals surface area contributed by atoms with Crippen molar-refractivity contribution in [3.63, 3.8) is 0 Å². The summed E-state index contributed by atoms with van der Waals surface area (Å²) in [6, 6.07) is 4.13. The first-order valence-corrected chi connectivity index (χ1v) is 6.67. The molecule has 2 aromatic heterocycles. The molecule has 4 nitrogen and oxygen atoms in total. The zero-order chi connectivity index (χ0) is 13.1. The van der Waals surface area contributed by atoms with Gasteiger partial charge in [0.05, 0.1) is 15.9 Å². The maximum absolute atomic E-state index is 4.37. The van der Waals surface area contributed by atoms with Crippen molar-refractivity contribution in [1.29, 1.82) is 0 Å². The monoisotopic (exact) mass is 308 g/mol. The Labute approximate surface area is 116 Å². The maximum atomic E-state index is 4.37. The molecule has 0 aromatic carbocycles. The Balaban J connectivity index is 1.94. The summed E-state index contributed by atoms with van der Waals surface area (Å²) >= 11 is 3.56. The van der Waals surface area contributed by atoms with Crippen molar-refractivity contribution in [3.8, 4) is 0 Å². The number of halogens is 1. The van der Waals surface area contributed by atoms with E-state index in [0.29, 0.717) is 0 Å². The highest BCUT2D eigenvalue weighted by Gasteiger charge is 2.09. The summed E-state index contributed by atoms with van der Waals surface area (Å²) in [7, 11) is 1.96. The zero-order valence-electron chi connectivity index (χ0n) is 10.9. The van der Waals surface area contributed by atoms with Crippen LogP contribution < -0.4 is 5.32 Å². The first-order chi connectivity index (χ1) is 8.58. The Hall–Kier alpha value is -1.20. The molecule has 5 heteroatoms. The van der Waals surface area contributed by atoms with Gasteiger partial charge in [-0.3, -0.25) is 9.67 Å². The van der Waals surface area contributed by atoms with Crippen LogP contribution >= 0.6 is 15.9 Å². The van der Waals surface area contributed by atoms with E-state index in [1.54, 1.807) is 0 Å². The lowest BCUT2D eigenvalue weighted by molar-refractivity contribution is 0.622. The summed E-state index contributed by atoms with van der Waals surface area (Å²) in [5.74, 6) is 0. The minimum Gasteiger partial charge on any atom is -0.307 e. The van der Waals surface area contributed by atoms with E-state index in [-0.39, 0.29) is 0 Å². The van der Waals surface area contributed by atoms with Gasteiger partial charge < -0.3 is 5.32 Å². The van der Waals surface area contributed by atoms with Crippen molar-refractivity contribution in [3.05, 3.63) is 45.4 Å². The van der Waals surface area contributed by atoms with Gasteiger partial charge >= 0.3 is 0 Å². The molecule has 2 aromatic rings. The number of pyridine rings is 1. The molecule has 0 amide bonds. The topological polar surface area (TPSA) is 42.7 Å². The molecule has 0 fully saturated rings. The number of nitrogens with one attached hydrogen (secondary N) is 1. The van der Waals surface area contributed by atoms with Gasteiger partial charge in [-0.1, -0.05) is 6.07 Å². The molecule has 0 aliphatic heterocycles. The number of rotatable bonds is 4. The smallest absolute Gasteiger partial charge is 0.0739 e. The van der Waals surface area contributed by atoms with Gasteiger partial charge in [0.1, 0.15) is 0 Å². The lowest BCUT2D eigenvalue weighted by Crippen LogP contribution is -2.15. The van der Waals surface area contributed by atoms with E-state index in [2.05, 4.69) is 37.4 Å². The molecule has 18 heavy (non-hydrogen) atoms. The summed E-state index contributed by atoms with van der Waals surface area (Å²) in [4.78, 5) is 4.28. The highest BCUT2D eigenvalue weighted by Crippen LogP contribution is 2.19. The Morgan fingerprint density at radius 3 is 2.61 bits per heavy atom. The molecule has 2 rings (SSSR count). The second-order valence-electron chi connectivity index (χ2n) is 4.38. The largest absolute Gasteiger partial charge is 0.307 e. The summed E-state index contributed by atoms with van der Waals surface area (Å²) in [5.41, 5.74) is 4.42. The number of hydrogen-bond donors (Lipinski definition) is 1. The molecule has 1 N–H and O–H groups in total. The van der Waals surface area contributed by atoms with Gasteiger partial charge in [0.15, 0.2) is 0 Å². The van der Waals surface area contributed by atoms with Gasteiger partial charge in [0.25, 0.3) is 0 Å². The van der Waals surface area contributed by atoms with Crippen molar-refractivity contribution in [2.45, 2.75) is 26.9 Å². The van der Waals surface area contributed by atoms with Crippen LogP contribution in [0.25, 0.3) is 0 Å². The van der Waals surface area contributed by atoms with Crippen LogP contribution in [-0.4, -0.2) is 14.8 Å². The van der Waals surface area contributed by atoms with E-state index in [9.17, 15) is 0 Å². The molecule has 0 unspecified atom stereocenters. The number of aromatic nitrogens is 3. The lowest BCUT2D eigenvalue weighted by atomic mass is 10.2. The number of aryl methyl sites for hydroxylation is 3. The fraction of sp³-hybridized carbons (Fsp3) is 0.385. The molecular weight excluding hydrogens is 292 g/mol. The maximum Gasteiger partial charge on any atom is 0.0739 e. The van der Waals surface area contributed by atoms with E-state index < -0.39 is 0 Å². The van der Waals surface area contributed by atoms with Gasteiger partial charge in [0.2, 0.25) is 0 Å². The summed E-state index contributed by atoms with van der Waals surface area (Å²) < 4.78 is 2.99. The molecule has 0 bridgehead atoms. The zero-order valence-corrected chi connectivity index (χ0v) is 12.5. The van der Waals surface area contributed by atoms with Crippen LogP contribution in [0, 0.1) is 13.8 Å². The van der Waals surface area contributed by atoms with E-state index in [4.69, 9.17) is 0 Å². The molecule has 0 spiro atoms. The second kappa shape index (κ2) is 5.63. The van der Waals surface area contributed by atoms with Crippen LogP contribution in [0.15, 0.2) is 22.8 Å². The first-order valence-electron chi connectivity index (χ1n) is 5.88. The lowest BCUT2D eigenvalue weighted by Gasteiger charge is -2.06. The van der Waals surface area contributed by atoms with Crippen molar-refractivity contribution < 1.29 is 0 Å². The highest BCUT2D eigenvalue weighted by atomic mass is 79.9. The quantitative estimate of drug-likeness (QED) is 0.943. The molecule has 0 saturated heterocycles. The Morgan fingerprint density at radius 2 is 2.06 bits per heavy atom. The molecular formula is C13H17BrN4. The average Bonchev–Trinajstić information content (AvgIpc) is 2.58. The molecule has 0 atom stereocenters. The van der Waals surface area contributed by atoms with Crippen molar-refractivity contribution in [2.24, 2.45) is 7.05 Å². The second-order valence-corrected chi connectivity index (χ2v) is 5.17. The predicted octanol–water partition coefficient (Wildman–Crippen LogP) is 2.48. The third-order valence-electron chi connectivity index (χ3n) is 2.86. The third kappa shape index (κ3) is 2.97. The normalized spacial score (nSPS) is 10.9. The molecule has 0 radical (unpaired) electrons. The fourth-order valence-corrected chi connectivity index (χ4v) is 2.28. The van der Waals surface area contributed by atoms with E-state index in [0.717, 1.165) is 34.6 Å². The molecule has 0 aliphatic carbocycles. The van der Waals surface area contributed by atoms with Crippen LogP contribution in [0.4, 0.5) is 0 Å². The molecule has 0 aliphatic rings. The molecule has 96 valence electrons. The van der Waals surface area contributed by atoms with Crippen molar-refractivity contribution in [1.82, 2.24) is 20.1 Å². The van der Waals surface area contributed by atoms with Gasteiger partial charge in [-0.25, -0.2) is 0 Å². The Bertz CT molecular complexity index is 531. The fourth-order valence-electron chi connectivity index (χ4n) is 1.80. The van der Waals surface area contributed by atoms with Gasteiger partial charge in [0, 0.05) is 32.0 Å². The van der Waals surface area contributed by atoms with Crippen molar-refractivity contribution >= 4 is 15.9 Å². The summed E-state index contributed by atoms with van der Waals surface area (Å²) in [5, 5.41) is 7.77. The van der Waals surface area contributed by atoms with E-state index >= 15 is 0 Å². The standard InChI is InChI=1S/C13H17BrN4/c1-9-4-5-11(7-16-9)6-15-8-12-13(14)10(2)17-18(12)3/h4-5,7,15H,6,8H2,1-3H3. The van der Waals surface area contributed by atoms with Crippen molar-refractivity contribution in [2.75, 3.05) is 0 Å². The average molecular weight is 309 g/mol. The number of hydrogen-bond acceptors (Lipinski definition) is 3. The molecule has 2 heterocycles. The van der Waals surface area contributed by atoms with Crippen LogP contribution in [0.3, 0.4) is 0 Å². The van der Waals surface area contributed by atoms with Crippen LogP contribution in [-0.2, 0) is 20.1 Å². The Kier molecular flexibility index (Phi) is 4.14. The molecule has 0 saturated carbocycles. The van der Waals surface area contributed by atoms with Crippen LogP contribution in [0.5, 0.6) is 0 Å². The summed E-state index contributed by atoms with van der Waals surface area (Å²) in [6.07, 6.45) is 1.91. The third-order valence-corrected chi connectivity index (χ3v) is 3.89. The first kappa shape index (κ1) is 13.2. The van der Waals surface area contributed by atoms with E-state index in [1.165, 1.54) is 5.56 Å². The summed E-state index contributed by atoms with van der Waals surface area (Å²) in [6.45, 7) is 5.58. The van der Waals surface area contributed by atoms with Crippen LogP contribution in [0.1, 0.15) is 22.6 Å². The minimum absolute atomic E-state index is 0.784. The predicted molar refractivity (Wildman–Crippen MR) is 75.2 cm³/mol. The minimum atomic E-state index is 0.784. The van der Waals surface area contributed by atoms with E-state index in [1.807, 2.05) is 37.8 Å². The van der Waals surface area contributed by atoms with Gasteiger partial charge in [-0.2, -0.15) is 5.10 Å². The van der Waals surface area contributed by atoms with Crippen LogP contribution in [0.2, 0.25) is 0 Å². The van der Waals surface area contributed by atoms with Gasteiger partial charge in [-0.15, -0.1) is 0 Å². The SMILES string of the molecule is Cc1ccc(CNCc2c(Br)c(C)nn2C)cn1. The number of nitrogens with zero attached hydrogens (tertiary/aromatic N) is 3. The highest BCUT2D eigenvalue weighted by molar-refractivity contribution is 9.10. The van der Waals surface area contributed by atoms with Gasteiger partial charge in [-0.05, 0) is 41.4 Å².